The van der Waals surface area contributed by atoms with Crippen molar-refractivity contribution < 1.29 is 43.9 Å². The Balaban J connectivity index is 1.40. The Labute approximate surface area is 268 Å². The molecule has 0 heterocycles. The molecule has 9 heteroatoms. The molecule has 6 aromatic carbocycles. The van der Waals surface area contributed by atoms with Gasteiger partial charge in [-0.15, -0.1) is 0 Å². The molecule has 9 nitrogen and oxygen atoms in total. The predicted octanol–water partition coefficient (Wildman–Crippen LogP) is 7.69. The molecule has 3 N–H and O–H groups in total. The summed E-state index contributed by atoms with van der Waals surface area (Å²) in [6.07, 6.45) is 0. The van der Waals surface area contributed by atoms with Crippen LogP contribution in [-0.2, 0) is 0 Å². The second-order valence-electron chi connectivity index (χ2n) is 11.1. The van der Waals surface area contributed by atoms with E-state index in [1.807, 2.05) is 0 Å². The van der Waals surface area contributed by atoms with Gasteiger partial charge in [-0.25, -0.2) is 14.4 Å². The Morgan fingerprint density at radius 3 is 1.38 bits per heavy atom. The van der Waals surface area contributed by atoms with Gasteiger partial charge in [-0.1, -0.05) is 24.3 Å². The highest BCUT2D eigenvalue weighted by atomic mass is 16.5. The maximum Gasteiger partial charge on any atom is 0.343 e. The van der Waals surface area contributed by atoms with Gasteiger partial charge >= 0.3 is 17.9 Å². The van der Waals surface area contributed by atoms with Crippen LogP contribution in [0.2, 0.25) is 0 Å². The maximum atomic E-state index is 13.4. The van der Waals surface area contributed by atoms with Gasteiger partial charge in [0, 0.05) is 10.8 Å². The topological polar surface area (TPSA) is 140 Å². The Kier molecular flexibility index (Phi) is 7.97. The van der Waals surface area contributed by atoms with Crippen LogP contribution in [0.25, 0.3) is 21.5 Å². The second kappa shape index (κ2) is 12.2. The number of esters is 3. The first-order valence-corrected chi connectivity index (χ1v) is 14.5. The fraction of sp³-hybridized carbons (Fsp3) is 0.0789. The molecule has 0 atom stereocenters. The van der Waals surface area contributed by atoms with Gasteiger partial charge in [0.25, 0.3) is 0 Å². The van der Waals surface area contributed by atoms with Crippen LogP contribution in [0.1, 0.15) is 47.8 Å². The lowest BCUT2D eigenvalue weighted by molar-refractivity contribution is 0.0724. The van der Waals surface area contributed by atoms with E-state index in [9.17, 15) is 29.7 Å². The molecule has 0 saturated heterocycles. The number of aryl methyl sites for hydroxylation is 3. The van der Waals surface area contributed by atoms with Gasteiger partial charge in [0.15, 0.2) is 0 Å². The number of rotatable bonds is 6. The zero-order valence-corrected chi connectivity index (χ0v) is 25.5. The third-order valence-electron chi connectivity index (χ3n) is 7.80. The average molecular weight is 629 g/mol. The van der Waals surface area contributed by atoms with Crippen molar-refractivity contribution in [3.63, 3.8) is 0 Å². The molecule has 0 fully saturated rings. The highest BCUT2D eigenvalue weighted by molar-refractivity contribution is 6.09. The summed E-state index contributed by atoms with van der Waals surface area (Å²) in [6, 6.07) is 24.9. The fourth-order valence-corrected chi connectivity index (χ4v) is 4.97. The normalized spacial score (nSPS) is 11.0. The summed E-state index contributed by atoms with van der Waals surface area (Å²) in [6.45, 7) is 5.13. The molecular formula is C38H28O9. The fourth-order valence-electron chi connectivity index (χ4n) is 4.97. The first kappa shape index (κ1) is 30.7. The van der Waals surface area contributed by atoms with Gasteiger partial charge in [-0.3, -0.25) is 0 Å². The van der Waals surface area contributed by atoms with Crippen LogP contribution in [0, 0.1) is 20.8 Å². The van der Waals surface area contributed by atoms with Crippen molar-refractivity contribution in [3.8, 4) is 34.5 Å². The lowest BCUT2D eigenvalue weighted by atomic mass is 10.0. The van der Waals surface area contributed by atoms with Gasteiger partial charge in [0.1, 0.15) is 34.5 Å². The van der Waals surface area contributed by atoms with E-state index in [2.05, 4.69) is 0 Å². The Hall–Kier alpha value is -6.35. The van der Waals surface area contributed by atoms with Gasteiger partial charge in [-0.05, 0) is 121 Å². The van der Waals surface area contributed by atoms with E-state index in [0.29, 0.717) is 38.2 Å². The summed E-state index contributed by atoms with van der Waals surface area (Å²) in [5.74, 6) is -1.69. The first-order chi connectivity index (χ1) is 22.5. The quantitative estimate of drug-likeness (QED) is 0.0962. The molecular weight excluding hydrogens is 600 g/mol. The molecule has 6 aromatic rings. The monoisotopic (exact) mass is 628 g/mol. The highest BCUT2D eigenvalue weighted by Gasteiger charge is 2.19. The van der Waals surface area contributed by atoms with Crippen LogP contribution >= 0.6 is 0 Å². The number of carbonyl (C=O) groups is 3. The van der Waals surface area contributed by atoms with Crippen LogP contribution in [0.4, 0.5) is 0 Å². The summed E-state index contributed by atoms with van der Waals surface area (Å²) in [7, 11) is 0. The molecule has 47 heavy (non-hydrogen) atoms. The minimum absolute atomic E-state index is 0.0279. The molecule has 0 aromatic heterocycles. The minimum Gasteiger partial charge on any atom is -0.508 e. The number of phenolic OH excluding ortho intramolecular Hbond substituents is 3. The molecule has 0 saturated carbocycles. The van der Waals surface area contributed by atoms with Crippen LogP contribution in [0.3, 0.4) is 0 Å². The van der Waals surface area contributed by atoms with Gasteiger partial charge in [0.05, 0.1) is 16.7 Å². The first-order valence-electron chi connectivity index (χ1n) is 14.5. The molecule has 0 amide bonds. The van der Waals surface area contributed by atoms with E-state index < -0.39 is 17.9 Å². The Morgan fingerprint density at radius 1 is 0.447 bits per heavy atom. The van der Waals surface area contributed by atoms with Crippen molar-refractivity contribution in [2.24, 2.45) is 0 Å². The number of hydrogen-bond donors (Lipinski definition) is 3. The molecule has 0 aliphatic carbocycles. The summed E-state index contributed by atoms with van der Waals surface area (Å²) >= 11 is 0. The number of ether oxygens (including phenoxy) is 3. The smallest absolute Gasteiger partial charge is 0.343 e. The summed E-state index contributed by atoms with van der Waals surface area (Å²) in [5.41, 5.74) is 2.26. The van der Waals surface area contributed by atoms with Crippen LogP contribution in [-0.4, -0.2) is 33.2 Å². The predicted molar refractivity (Wildman–Crippen MR) is 175 cm³/mol. The largest absolute Gasteiger partial charge is 0.508 e. The summed E-state index contributed by atoms with van der Waals surface area (Å²) in [5, 5.41) is 32.4. The third-order valence-corrected chi connectivity index (χ3v) is 7.80. The zero-order valence-electron chi connectivity index (χ0n) is 25.5. The van der Waals surface area contributed by atoms with E-state index in [0.717, 1.165) is 0 Å². The van der Waals surface area contributed by atoms with Gasteiger partial charge < -0.3 is 29.5 Å². The number of fused-ring (bicyclic) bond motifs is 2. The lowest BCUT2D eigenvalue weighted by Crippen LogP contribution is -2.10. The van der Waals surface area contributed by atoms with Gasteiger partial charge in [0.2, 0.25) is 0 Å². The third kappa shape index (κ3) is 6.27. The number of hydrogen-bond acceptors (Lipinski definition) is 9. The second-order valence-corrected chi connectivity index (χ2v) is 11.1. The van der Waals surface area contributed by atoms with E-state index in [1.54, 1.807) is 93.6 Å². The molecule has 234 valence electrons. The number of benzene rings is 6. The van der Waals surface area contributed by atoms with Crippen LogP contribution in [0.5, 0.6) is 34.5 Å². The Bertz CT molecular complexity index is 2250. The van der Waals surface area contributed by atoms with Gasteiger partial charge in [-0.2, -0.15) is 0 Å². The van der Waals surface area contributed by atoms with Crippen LogP contribution in [0.15, 0.2) is 97.1 Å². The molecule has 0 aliphatic rings. The molecule has 0 aliphatic heterocycles. The molecule has 0 bridgehead atoms. The minimum atomic E-state index is -0.735. The standard InChI is InChI=1S/C38H28O9/c1-20-4-7-24(16-32(20)39)36(42)45-28-12-13-30-27(15-28)14-23-10-11-29(46-37(43)25-8-5-21(2)33(40)17-25)19-31(23)35(30)47-38(44)26-9-6-22(3)34(41)18-26/h4-19,39-41H,1-3H3. The summed E-state index contributed by atoms with van der Waals surface area (Å²) in [4.78, 5) is 39.1. The zero-order chi connectivity index (χ0) is 33.4. The lowest BCUT2D eigenvalue weighted by Gasteiger charge is -2.15. The van der Waals surface area contributed by atoms with E-state index in [-0.39, 0.29) is 51.2 Å². The molecule has 6 rings (SSSR count). The maximum absolute atomic E-state index is 13.4. The Morgan fingerprint density at radius 2 is 0.894 bits per heavy atom. The van der Waals surface area contributed by atoms with Crippen molar-refractivity contribution in [2.45, 2.75) is 20.8 Å². The number of phenols is 3. The van der Waals surface area contributed by atoms with Crippen molar-refractivity contribution in [3.05, 3.63) is 130 Å². The molecule has 0 unspecified atom stereocenters. The SMILES string of the molecule is Cc1ccc(C(=O)Oc2ccc3c(OC(=O)c4ccc(C)c(O)c4)c4cc(OC(=O)c5ccc(C)c(O)c5)ccc4cc3c2)cc1O. The van der Waals surface area contributed by atoms with Crippen LogP contribution < -0.4 is 14.2 Å². The van der Waals surface area contributed by atoms with Crippen molar-refractivity contribution in [2.75, 3.05) is 0 Å². The van der Waals surface area contributed by atoms with E-state index in [1.165, 1.54) is 24.3 Å². The van der Waals surface area contributed by atoms with Crippen molar-refractivity contribution in [1.29, 1.82) is 0 Å². The van der Waals surface area contributed by atoms with Crippen molar-refractivity contribution in [1.82, 2.24) is 0 Å². The van der Waals surface area contributed by atoms with Crippen molar-refractivity contribution >= 4 is 39.5 Å². The van der Waals surface area contributed by atoms with E-state index >= 15 is 0 Å². The average Bonchev–Trinajstić information content (AvgIpc) is 3.04. The number of aromatic hydroxyl groups is 3. The molecule has 0 radical (unpaired) electrons. The highest BCUT2D eigenvalue weighted by Crippen LogP contribution is 2.39. The molecule has 0 spiro atoms. The summed E-state index contributed by atoms with van der Waals surface area (Å²) < 4.78 is 17.2. The number of carbonyl (C=O) groups excluding carboxylic acids is 3. The van der Waals surface area contributed by atoms with E-state index in [4.69, 9.17) is 14.2 Å².